The molecule has 2 bridgehead atoms. The highest BCUT2D eigenvalue weighted by Crippen LogP contribution is 2.48. The van der Waals surface area contributed by atoms with E-state index in [4.69, 9.17) is 0 Å². The van der Waals surface area contributed by atoms with E-state index in [9.17, 15) is 14.7 Å². The zero-order valence-corrected chi connectivity index (χ0v) is 11.8. The van der Waals surface area contributed by atoms with Gasteiger partial charge in [-0.2, -0.15) is 0 Å². The van der Waals surface area contributed by atoms with Crippen molar-refractivity contribution in [1.82, 2.24) is 5.32 Å². The fourth-order valence-electron chi connectivity index (χ4n) is 3.61. The molecule has 2 saturated carbocycles. The van der Waals surface area contributed by atoms with E-state index >= 15 is 0 Å². The molecule has 3 rings (SSSR count). The Morgan fingerprint density at radius 3 is 2.85 bits per heavy atom. The van der Waals surface area contributed by atoms with Gasteiger partial charge in [-0.25, -0.2) is 0 Å². The van der Waals surface area contributed by atoms with Crippen molar-refractivity contribution in [2.45, 2.75) is 25.3 Å². The van der Waals surface area contributed by atoms with Gasteiger partial charge in [-0.15, -0.1) is 11.3 Å². The molecule has 2 aliphatic carbocycles. The first-order valence-corrected chi connectivity index (χ1v) is 7.78. The summed E-state index contributed by atoms with van der Waals surface area (Å²) in [7, 11) is 0. The number of aliphatic carboxylic acids is 1. The van der Waals surface area contributed by atoms with Crippen LogP contribution in [0, 0.1) is 17.8 Å². The molecule has 0 aromatic carbocycles. The number of carbonyl (C=O) groups is 2. The highest BCUT2D eigenvalue weighted by molar-refractivity contribution is 7.10. The van der Waals surface area contributed by atoms with E-state index in [1.54, 1.807) is 17.4 Å². The van der Waals surface area contributed by atoms with Crippen LogP contribution in [0.3, 0.4) is 0 Å². The number of rotatable bonds is 4. The summed E-state index contributed by atoms with van der Waals surface area (Å²) < 4.78 is 0. The second-order valence-corrected chi connectivity index (χ2v) is 6.56. The summed E-state index contributed by atoms with van der Waals surface area (Å²) in [6.45, 7) is 0. The van der Waals surface area contributed by atoms with Gasteiger partial charge in [0.1, 0.15) is 0 Å². The molecule has 4 unspecified atom stereocenters. The van der Waals surface area contributed by atoms with Crippen LogP contribution in [0.15, 0.2) is 23.6 Å². The number of nitrogens with one attached hydrogen (secondary N) is 1. The lowest BCUT2D eigenvalue weighted by atomic mass is 9.84. The molecule has 2 N–H and O–H groups in total. The van der Waals surface area contributed by atoms with Crippen molar-refractivity contribution in [2.24, 2.45) is 17.8 Å². The number of carboxylic acids is 1. The van der Waals surface area contributed by atoms with Gasteiger partial charge < -0.3 is 10.4 Å². The van der Waals surface area contributed by atoms with Crippen LogP contribution in [0.2, 0.25) is 0 Å². The zero-order chi connectivity index (χ0) is 14.1. The van der Waals surface area contributed by atoms with E-state index in [0.29, 0.717) is 5.92 Å². The third-order valence-corrected chi connectivity index (χ3v) is 5.29. The average Bonchev–Trinajstić information content (AvgIpc) is 3.12. The molecule has 1 amide bonds. The van der Waals surface area contributed by atoms with Crippen molar-refractivity contribution in [3.63, 3.8) is 0 Å². The quantitative estimate of drug-likeness (QED) is 0.837. The van der Waals surface area contributed by atoms with Gasteiger partial charge >= 0.3 is 5.97 Å². The Bertz CT molecular complexity index is 537. The number of fused-ring (bicyclic) bond motifs is 2. The van der Waals surface area contributed by atoms with Crippen LogP contribution in [-0.2, 0) is 9.59 Å². The number of thiophene rings is 1. The fourth-order valence-corrected chi connectivity index (χ4v) is 4.23. The van der Waals surface area contributed by atoms with Crippen molar-refractivity contribution in [3.05, 3.63) is 28.5 Å². The summed E-state index contributed by atoms with van der Waals surface area (Å²) in [6, 6.07) is 3.66. The molecular formula is C15H17NO3S. The number of hydrogen-bond donors (Lipinski definition) is 2. The molecule has 4 nitrogen and oxygen atoms in total. The van der Waals surface area contributed by atoms with Crippen LogP contribution >= 0.6 is 11.3 Å². The summed E-state index contributed by atoms with van der Waals surface area (Å²) in [5.41, 5.74) is 0. The lowest BCUT2D eigenvalue weighted by molar-refractivity contribution is -0.144. The van der Waals surface area contributed by atoms with Gasteiger partial charge in [0, 0.05) is 17.0 Å². The minimum atomic E-state index is -0.773. The molecule has 0 aliphatic heterocycles. The van der Waals surface area contributed by atoms with Crippen LogP contribution in [0.4, 0.5) is 0 Å². The summed E-state index contributed by atoms with van der Waals surface area (Å²) in [5, 5.41) is 14.2. The van der Waals surface area contributed by atoms with Crippen LogP contribution in [-0.4, -0.2) is 23.0 Å². The molecule has 1 aromatic heterocycles. The van der Waals surface area contributed by atoms with E-state index in [2.05, 4.69) is 5.32 Å². The summed E-state index contributed by atoms with van der Waals surface area (Å²) >= 11 is 1.56. The Hall–Kier alpha value is -1.62. The Morgan fingerprint density at radius 1 is 1.35 bits per heavy atom. The van der Waals surface area contributed by atoms with Gasteiger partial charge in [0.2, 0.25) is 5.91 Å². The minimum Gasteiger partial charge on any atom is -0.481 e. The average molecular weight is 291 g/mol. The van der Waals surface area contributed by atoms with E-state index in [0.717, 1.165) is 24.1 Å². The predicted octanol–water partition coefficient (Wildman–Crippen LogP) is 2.38. The highest BCUT2D eigenvalue weighted by Gasteiger charge is 2.51. The number of hydrogen-bond acceptors (Lipinski definition) is 3. The molecular weight excluding hydrogens is 274 g/mol. The zero-order valence-electron chi connectivity index (χ0n) is 11.0. The molecule has 1 aromatic rings. The number of amides is 1. The van der Waals surface area contributed by atoms with E-state index in [-0.39, 0.29) is 17.9 Å². The normalized spacial score (nSPS) is 31.8. The first kappa shape index (κ1) is 13.4. The molecule has 2 aliphatic rings. The Labute approximate surface area is 121 Å². The SMILES string of the molecule is O=C(C=Cc1cccs1)NC1C2CCC(C2)C1C(=O)O. The Balaban J connectivity index is 1.64. The predicted molar refractivity (Wildman–Crippen MR) is 77.2 cm³/mol. The standard InChI is InChI=1S/C15H17NO3S/c17-12(6-5-11-2-1-7-20-11)16-14-10-4-3-9(8-10)13(14)15(18)19/h1-2,5-7,9-10,13-14H,3-4,8H2,(H,16,17)(H,18,19). The molecule has 20 heavy (non-hydrogen) atoms. The lowest BCUT2D eigenvalue weighted by Crippen LogP contribution is -2.46. The first-order valence-electron chi connectivity index (χ1n) is 6.90. The Kier molecular flexibility index (Phi) is 3.61. The van der Waals surface area contributed by atoms with Gasteiger partial charge in [-0.3, -0.25) is 9.59 Å². The summed E-state index contributed by atoms with van der Waals surface area (Å²) in [4.78, 5) is 24.3. The van der Waals surface area contributed by atoms with Gasteiger partial charge in [-0.05, 0) is 48.6 Å². The molecule has 1 heterocycles. The van der Waals surface area contributed by atoms with Gasteiger partial charge in [0.05, 0.1) is 5.92 Å². The molecule has 0 spiro atoms. The second kappa shape index (κ2) is 5.40. The van der Waals surface area contributed by atoms with Gasteiger partial charge in [-0.1, -0.05) is 6.07 Å². The summed E-state index contributed by atoms with van der Waals surface area (Å²) in [5.74, 6) is -0.802. The maximum Gasteiger partial charge on any atom is 0.308 e. The van der Waals surface area contributed by atoms with Crippen molar-refractivity contribution in [3.8, 4) is 0 Å². The van der Waals surface area contributed by atoms with Crippen LogP contribution < -0.4 is 5.32 Å². The van der Waals surface area contributed by atoms with E-state index < -0.39 is 11.9 Å². The van der Waals surface area contributed by atoms with Crippen molar-refractivity contribution in [2.75, 3.05) is 0 Å². The third-order valence-electron chi connectivity index (χ3n) is 4.45. The van der Waals surface area contributed by atoms with Crippen LogP contribution in [0.5, 0.6) is 0 Å². The lowest BCUT2D eigenvalue weighted by Gasteiger charge is -2.28. The fraction of sp³-hybridized carbons (Fsp3) is 0.467. The molecule has 4 atom stereocenters. The van der Waals surface area contributed by atoms with Crippen LogP contribution in [0.25, 0.3) is 6.08 Å². The minimum absolute atomic E-state index is 0.192. The van der Waals surface area contributed by atoms with E-state index in [1.165, 1.54) is 6.08 Å². The molecule has 106 valence electrons. The van der Waals surface area contributed by atoms with Gasteiger partial charge in [0.15, 0.2) is 0 Å². The van der Waals surface area contributed by atoms with E-state index in [1.807, 2.05) is 17.5 Å². The number of carboxylic acid groups (broad SMARTS) is 1. The van der Waals surface area contributed by atoms with Crippen molar-refractivity contribution >= 4 is 29.3 Å². The topological polar surface area (TPSA) is 66.4 Å². The highest BCUT2D eigenvalue weighted by atomic mass is 32.1. The summed E-state index contributed by atoms with van der Waals surface area (Å²) in [6.07, 6.45) is 6.23. The molecule has 0 radical (unpaired) electrons. The van der Waals surface area contributed by atoms with Gasteiger partial charge in [0.25, 0.3) is 0 Å². The maximum absolute atomic E-state index is 12.0. The largest absolute Gasteiger partial charge is 0.481 e. The first-order chi connectivity index (χ1) is 9.65. The maximum atomic E-state index is 12.0. The van der Waals surface area contributed by atoms with Crippen molar-refractivity contribution < 1.29 is 14.7 Å². The Morgan fingerprint density at radius 2 is 2.15 bits per heavy atom. The van der Waals surface area contributed by atoms with Crippen molar-refractivity contribution in [1.29, 1.82) is 0 Å². The smallest absolute Gasteiger partial charge is 0.308 e. The number of carbonyl (C=O) groups excluding carboxylic acids is 1. The molecule has 5 heteroatoms. The molecule has 2 fully saturated rings. The second-order valence-electron chi connectivity index (χ2n) is 5.58. The van der Waals surface area contributed by atoms with Crippen LogP contribution in [0.1, 0.15) is 24.1 Å². The third kappa shape index (κ3) is 2.50. The molecule has 0 saturated heterocycles. The monoisotopic (exact) mass is 291 g/mol.